The molecule has 0 aliphatic carbocycles. The fraction of sp³-hybridized carbons (Fsp3) is 0.333. The predicted octanol–water partition coefficient (Wildman–Crippen LogP) is 3.30. The molecule has 5 heteroatoms. The topological polar surface area (TPSA) is 58.0 Å². The number of hydrogen-bond donors (Lipinski definition) is 2. The van der Waals surface area contributed by atoms with E-state index in [4.69, 9.17) is 5.11 Å². The average Bonchev–Trinajstić information content (AvgIpc) is 2.45. The smallest absolute Gasteiger partial charge is 0.132 e. The Kier molecular flexibility index (Phi) is 5.49. The van der Waals surface area contributed by atoms with E-state index in [0.29, 0.717) is 6.54 Å². The van der Waals surface area contributed by atoms with Gasteiger partial charge in [0.2, 0.25) is 0 Å². The second-order valence-electron chi connectivity index (χ2n) is 4.57. The van der Waals surface area contributed by atoms with Gasteiger partial charge < -0.3 is 10.4 Å². The van der Waals surface area contributed by atoms with Crippen molar-refractivity contribution in [3.63, 3.8) is 0 Å². The Balaban J connectivity index is 2.02. The first-order chi connectivity index (χ1) is 9.71. The van der Waals surface area contributed by atoms with Gasteiger partial charge in [0.25, 0.3) is 0 Å². The molecule has 0 spiro atoms. The highest BCUT2D eigenvalue weighted by Gasteiger charge is 2.02. The van der Waals surface area contributed by atoms with Crippen LogP contribution in [0, 0.1) is 0 Å². The van der Waals surface area contributed by atoms with Crippen molar-refractivity contribution in [2.45, 2.75) is 32.9 Å². The van der Waals surface area contributed by atoms with Gasteiger partial charge in [-0.2, -0.15) is 0 Å². The molecule has 2 rings (SSSR count). The standard InChI is InChI=1S/C15H18BrN3O/c1-2-3-14-18-13(16)8-15(19-14)17-9-11-4-6-12(10-20)7-5-11/h4-8,20H,2-3,9-10H2,1H3,(H,17,18,19). The summed E-state index contributed by atoms with van der Waals surface area (Å²) in [6.07, 6.45) is 1.90. The van der Waals surface area contributed by atoms with Gasteiger partial charge >= 0.3 is 0 Å². The summed E-state index contributed by atoms with van der Waals surface area (Å²) in [7, 11) is 0. The van der Waals surface area contributed by atoms with Gasteiger partial charge in [-0.05, 0) is 33.5 Å². The highest BCUT2D eigenvalue weighted by molar-refractivity contribution is 9.10. The Morgan fingerprint density at radius 2 is 1.85 bits per heavy atom. The first kappa shape index (κ1) is 14.9. The molecule has 0 unspecified atom stereocenters. The number of rotatable bonds is 6. The molecular formula is C15H18BrN3O. The van der Waals surface area contributed by atoms with Crippen LogP contribution in [0.4, 0.5) is 5.82 Å². The number of aliphatic hydroxyl groups is 1. The van der Waals surface area contributed by atoms with Gasteiger partial charge in [0.1, 0.15) is 16.2 Å². The average molecular weight is 336 g/mol. The van der Waals surface area contributed by atoms with E-state index in [-0.39, 0.29) is 6.61 Å². The van der Waals surface area contributed by atoms with Crippen LogP contribution in [0.5, 0.6) is 0 Å². The van der Waals surface area contributed by atoms with Crippen molar-refractivity contribution in [1.29, 1.82) is 0 Å². The Labute approximate surface area is 127 Å². The molecule has 1 aromatic heterocycles. The molecule has 0 radical (unpaired) electrons. The molecule has 0 aliphatic heterocycles. The molecule has 0 bridgehead atoms. The first-order valence-corrected chi connectivity index (χ1v) is 7.46. The molecule has 0 atom stereocenters. The van der Waals surface area contributed by atoms with Crippen LogP contribution in [0.15, 0.2) is 34.9 Å². The maximum Gasteiger partial charge on any atom is 0.132 e. The number of aromatic nitrogens is 2. The number of nitrogens with zero attached hydrogens (tertiary/aromatic N) is 2. The fourth-order valence-corrected chi connectivity index (χ4v) is 2.27. The van der Waals surface area contributed by atoms with Crippen LogP contribution in [0.3, 0.4) is 0 Å². The number of aliphatic hydroxyl groups excluding tert-OH is 1. The molecule has 2 aromatic rings. The van der Waals surface area contributed by atoms with Crippen LogP contribution in [0.2, 0.25) is 0 Å². The van der Waals surface area contributed by atoms with Crippen molar-refractivity contribution >= 4 is 21.7 Å². The molecular weight excluding hydrogens is 318 g/mol. The highest BCUT2D eigenvalue weighted by atomic mass is 79.9. The lowest BCUT2D eigenvalue weighted by molar-refractivity contribution is 0.282. The van der Waals surface area contributed by atoms with E-state index in [2.05, 4.69) is 38.1 Å². The molecule has 20 heavy (non-hydrogen) atoms. The fourth-order valence-electron chi connectivity index (χ4n) is 1.85. The molecule has 0 saturated heterocycles. The van der Waals surface area contributed by atoms with Crippen LogP contribution in [0.1, 0.15) is 30.3 Å². The minimum Gasteiger partial charge on any atom is -0.392 e. The Morgan fingerprint density at radius 1 is 1.15 bits per heavy atom. The van der Waals surface area contributed by atoms with E-state index in [1.165, 1.54) is 0 Å². The van der Waals surface area contributed by atoms with Gasteiger partial charge in [-0.1, -0.05) is 31.2 Å². The summed E-state index contributed by atoms with van der Waals surface area (Å²) in [5.74, 6) is 1.67. The third-order valence-corrected chi connectivity index (χ3v) is 3.30. The summed E-state index contributed by atoms with van der Waals surface area (Å²) in [5.41, 5.74) is 2.07. The van der Waals surface area contributed by atoms with Crippen LogP contribution < -0.4 is 5.32 Å². The lowest BCUT2D eigenvalue weighted by Gasteiger charge is -2.08. The normalized spacial score (nSPS) is 10.6. The third kappa shape index (κ3) is 4.28. The quantitative estimate of drug-likeness (QED) is 0.795. The molecule has 2 N–H and O–H groups in total. The number of aryl methyl sites for hydroxylation is 1. The molecule has 1 heterocycles. The predicted molar refractivity (Wildman–Crippen MR) is 83.4 cm³/mol. The molecule has 0 amide bonds. The van der Waals surface area contributed by atoms with E-state index < -0.39 is 0 Å². The lowest BCUT2D eigenvalue weighted by atomic mass is 10.1. The van der Waals surface area contributed by atoms with Crippen molar-refractivity contribution in [2.75, 3.05) is 5.32 Å². The number of nitrogens with one attached hydrogen (secondary N) is 1. The van der Waals surface area contributed by atoms with E-state index in [0.717, 1.165) is 40.2 Å². The second-order valence-corrected chi connectivity index (χ2v) is 5.38. The van der Waals surface area contributed by atoms with Crippen molar-refractivity contribution in [3.05, 3.63) is 51.9 Å². The SMILES string of the molecule is CCCc1nc(Br)cc(NCc2ccc(CO)cc2)n1. The van der Waals surface area contributed by atoms with Gasteiger partial charge in [0, 0.05) is 19.0 Å². The number of hydrogen-bond acceptors (Lipinski definition) is 4. The van der Waals surface area contributed by atoms with E-state index >= 15 is 0 Å². The maximum atomic E-state index is 9.01. The first-order valence-electron chi connectivity index (χ1n) is 6.67. The Bertz CT molecular complexity index is 558. The van der Waals surface area contributed by atoms with Crippen LogP contribution in [-0.4, -0.2) is 15.1 Å². The summed E-state index contributed by atoms with van der Waals surface area (Å²) in [6.45, 7) is 2.88. The molecule has 0 aliphatic rings. The summed E-state index contributed by atoms with van der Waals surface area (Å²) >= 11 is 3.41. The van der Waals surface area contributed by atoms with Crippen LogP contribution in [0.25, 0.3) is 0 Å². The van der Waals surface area contributed by atoms with E-state index in [9.17, 15) is 0 Å². The second kappa shape index (κ2) is 7.36. The van der Waals surface area contributed by atoms with Gasteiger partial charge in [0.15, 0.2) is 0 Å². The zero-order valence-corrected chi connectivity index (χ0v) is 13.0. The monoisotopic (exact) mass is 335 g/mol. The van der Waals surface area contributed by atoms with Gasteiger partial charge in [0.05, 0.1) is 6.61 Å². The van der Waals surface area contributed by atoms with Gasteiger partial charge in [-0.25, -0.2) is 9.97 Å². The lowest BCUT2D eigenvalue weighted by Crippen LogP contribution is -2.05. The Morgan fingerprint density at radius 3 is 2.50 bits per heavy atom. The molecule has 4 nitrogen and oxygen atoms in total. The van der Waals surface area contributed by atoms with Crippen molar-refractivity contribution in [2.24, 2.45) is 0 Å². The highest BCUT2D eigenvalue weighted by Crippen LogP contribution is 2.14. The van der Waals surface area contributed by atoms with Crippen LogP contribution in [-0.2, 0) is 19.6 Å². The zero-order chi connectivity index (χ0) is 14.4. The Hall–Kier alpha value is -1.46. The van der Waals surface area contributed by atoms with Crippen LogP contribution >= 0.6 is 15.9 Å². The molecule has 106 valence electrons. The molecule has 0 saturated carbocycles. The largest absolute Gasteiger partial charge is 0.392 e. The number of halogens is 1. The van der Waals surface area contributed by atoms with Crippen molar-refractivity contribution in [1.82, 2.24) is 9.97 Å². The van der Waals surface area contributed by atoms with Gasteiger partial charge in [-0.15, -0.1) is 0 Å². The van der Waals surface area contributed by atoms with Crippen molar-refractivity contribution < 1.29 is 5.11 Å². The summed E-state index contributed by atoms with van der Waals surface area (Å²) in [5, 5.41) is 12.3. The minimum atomic E-state index is 0.0763. The molecule has 0 fully saturated rings. The number of benzene rings is 1. The van der Waals surface area contributed by atoms with E-state index in [1.54, 1.807) is 0 Å². The zero-order valence-electron chi connectivity index (χ0n) is 11.4. The maximum absolute atomic E-state index is 9.01. The number of anilines is 1. The summed E-state index contributed by atoms with van der Waals surface area (Å²) in [6, 6.07) is 9.73. The molecule has 1 aromatic carbocycles. The summed E-state index contributed by atoms with van der Waals surface area (Å²) < 4.78 is 0.800. The van der Waals surface area contributed by atoms with E-state index in [1.807, 2.05) is 30.3 Å². The summed E-state index contributed by atoms with van der Waals surface area (Å²) in [4.78, 5) is 8.82. The minimum absolute atomic E-state index is 0.0763. The third-order valence-electron chi connectivity index (χ3n) is 2.89. The van der Waals surface area contributed by atoms with Crippen molar-refractivity contribution in [3.8, 4) is 0 Å². The van der Waals surface area contributed by atoms with Gasteiger partial charge in [-0.3, -0.25) is 0 Å².